The van der Waals surface area contributed by atoms with Gasteiger partial charge < -0.3 is 5.73 Å². The molecule has 2 N–H and O–H groups in total. The van der Waals surface area contributed by atoms with Crippen molar-refractivity contribution in [3.05, 3.63) is 59.7 Å². The molecule has 0 aliphatic carbocycles. The molecule has 0 bridgehead atoms. The summed E-state index contributed by atoms with van der Waals surface area (Å²) in [6.45, 7) is 4.15. The van der Waals surface area contributed by atoms with Crippen molar-refractivity contribution in [3.63, 3.8) is 0 Å². The zero-order chi connectivity index (χ0) is 14.8. The molecule has 0 radical (unpaired) electrons. The normalized spacial score (nSPS) is 11.1. The highest BCUT2D eigenvalue weighted by molar-refractivity contribution is 7.61. The predicted octanol–water partition coefficient (Wildman–Crippen LogP) is 3.29. The van der Waals surface area contributed by atoms with Crippen molar-refractivity contribution in [2.75, 3.05) is 5.73 Å². The van der Waals surface area contributed by atoms with Crippen molar-refractivity contribution in [1.82, 2.24) is 0 Å². The van der Waals surface area contributed by atoms with E-state index in [1.54, 1.807) is 18.2 Å². The first kappa shape index (κ1) is 14.3. The van der Waals surface area contributed by atoms with Gasteiger partial charge in [0.15, 0.2) is 0 Å². The van der Waals surface area contributed by atoms with E-state index >= 15 is 0 Å². The molecule has 0 aliphatic rings. The van der Waals surface area contributed by atoms with Crippen LogP contribution in [0, 0.1) is 0 Å². The average molecular weight is 288 g/mol. The fraction of sp³-hybridized carbons (Fsp3) is 0.200. The quantitative estimate of drug-likeness (QED) is 0.881. The third kappa shape index (κ3) is 3.05. The van der Waals surface area contributed by atoms with Crippen LogP contribution in [0.3, 0.4) is 0 Å². The van der Waals surface area contributed by atoms with Crippen LogP contribution in [-0.4, -0.2) is 8.42 Å². The van der Waals surface area contributed by atoms with Crippen LogP contribution in [0.1, 0.15) is 25.0 Å². The van der Waals surface area contributed by atoms with Gasteiger partial charge in [-0.25, -0.2) is 0 Å². The van der Waals surface area contributed by atoms with E-state index in [-0.39, 0.29) is 5.41 Å². The molecule has 104 valence electrons. The Kier molecular flexibility index (Phi) is 3.90. The minimum absolute atomic E-state index is 0.260. The molecule has 0 spiro atoms. The maximum absolute atomic E-state index is 10.7. The van der Waals surface area contributed by atoms with Gasteiger partial charge in [0.25, 0.3) is 0 Å². The number of hydrogen-bond donors (Lipinski definition) is 1. The lowest BCUT2D eigenvalue weighted by Crippen LogP contribution is -2.18. The molecule has 0 heterocycles. The van der Waals surface area contributed by atoms with Crippen LogP contribution in [0.4, 0.5) is 11.4 Å². The summed E-state index contributed by atoms with van der Waals surface area (Å²) in [6.07, 6.45) is 0. The Hall–Kier alpha value is -2.14. The number of anilines is 1. The zero-order valence-corrected chi connectivity index (χ0v) is 12.2. The second kappa shape index (κ2) is 5.46. The fourth-order valence-corrected chi connectivity index (χ4v) is 2.39. The van der Waals surface area contributed by atoms with Crippen LogP contribution in [0.15, 0.2) is 52.9 Å². The minimum atomic E-state index is -2.44. The third-order valence-corrected chi connectivity index (χ3v) is 3.74. The third-order valence-electron chi connectivity index (χ3n) is 3.38. The van der Waals surface area contributed by atoms with Gasteiger partial charge in [0.05, 0.1) is 5.69 Å². The number of hydrogen-bond acceptors (Lipinski definition) is 4. The van der Waals surface area contributed by atoms with E-state index in [9.17, 15) is 8.42 Å². The Labute approximate surface area is 120 Å². The van der Waals surface area contributed by atoms with E-state index in [1.165, 1.54) is 0 Å². The van der Waals surface area contributed by atoms with Crippen molar-refractivity contribution in [2.45, 2.75) is 19.3 Å². The van der Waals surface area contributed by atoms with Gasteiger partial charge in [-0.3, -0.25) is 0 Å². The molecule has 2 aromatic carbocycles. The predicted molar refractivity (Wildman–Crippen MR) is 80.4 cm³/mol. The van der Waals surface area contributed by atoms with Gasteiger partial charge in [-0.1, -0.05) is 38.1 Å². The molecule has 0 atom stereocenters. The van der Waals surface area contributed by atoms with E-state index in [0.717, 1.165) is 16.8 Å². The van der Waals surface area contributed by atoms with E-state index in [2.05, 4.69) is 18.2 Å². The van der Waals surface area contributed by atoms with Crippen molar-refractivity contribution >= 4 is 21.9 Å². The number of nitrogens with two attached hydrogens (primary N) is 1. The van der Waals surface area contributed by atoms with Crippen LogP contribution < -0.4 is 5.73 Å². The summed E-state index contributed by atoms with van der Waals surface area (Å²) in [5.41, 5.74) is 8.69. The molecule has 2 aromatic rings. The first-order valence-electron chi connectivity index (χ1n) is 6.17. The van der Waals surface area contributed by atoms with Gasteiger partial charge in [-0.2, -0.15) is 8.42 Å². The van der Waals surface area contributed by atoms with Gasteiger partial charge in [-0.05, 0) is 35.4 Å². The number of nitrogen functional groups attached to an aromatic ring is 1. The molecule has 0 saturated carbocycles. The van der Waals surface area contributed by atoms with E-state index in [4.69, 9.17) is 5.73 Å². The molecular formula is C15H16N2O2S. The molecular weight excluding hydrogens is 272 g/mol. The molecule has 20 heavy (non-hydrogen) atoms. The van der Waals surface area contributed by atoms with Crippen molar-refractivity contribution in [1.29, 1.82) is 0 Å². The standard InChI is InChI=1S/C15H16N2O2S/c1-15(2,11-6-8-13(16)9-7-11)12-4-3-5-14(10-12)17-20(18)19/h3-10H,16H2,1-2H3. The number of rotatable bonds is 3. The largest absolute Gasteiger partial charge is 0.399 e. The molecule has 2 rings (SSSR count). The molecule has 0 saturated heterocycles. The highest BCUT2D eigenvalue weighted by atomic mass is 32.2. The molecule has 5 heteroatoms. The SMILES string of the molecule is CC(C)(c1ccc(N)cc1)c1cccc(N=S(=O)=O)c1. The summed E-state index contributed by atoms with van der Waals surface area (Å²) < 4.78 is 24.9. The van der Waals surface area contributed by atoms with Gasteiger partial charge in [0, 0.05) is 11.1 Å². The Morgan fingerprint density at radius 2 is 1.65 bits per heavy atom. The van der Waals surface area contributed by atoms with E-state index < -0.39 is 10.5 Å². The van der Waals surface area contributed by atoms with Crippen molar-refractivity contribution in [2.24, 2.45) is 4.36 Å². The molecule has 4 nitrogen and oxygen atoms in total. The summed E-state index contributed by atoms with van der Waals surface area (Å²) in [4.78, 5) is 0. The molecule has 0 unspecified atom stereocenters. The van der Waals surface area contributed by atoms with Gasteiger partial charge in [0.2, 0.25) is 0 Å². The van der Waals surface area contributed by atoms with Gasteiger partial charge in [0.1, 0.15) is 0 Å². The molecule has 0 aromatic heterocycles. The smallest absolute Gasteiger partial charge is 0.316 e. The first-order valence-corrected chi connectivity index (χ1v) is 7.20. The van der Waals surface area contributed by atoms with Crippen LogP contribution in [0.5, 0.6) is 0 Å². The number of benzene rings is 2. The van der Waals surface area contributed by atoms with Crippen molar-refractivity contribution in [3.8, 4) is 0 Å². The fourth-order valence-electron chi connectivity index (χ4n) is 2.10. The summed E-state index contributed by atoms with van der Waals surface area (Å²) in [5.74, 6) is 0. The van der Waals surface area contributed by atoms with E-state index in [1.807, 2.05) is 30.3 Å². The van der Waals surface area contributed by atoms with Crippen LogP contribution >= 0.6 is 0 Å². The maximum Gasteiger partial charge on any atom is 0.316 e. The Morgan fingerprint density at radius 1 is 1.00 bits per heavy atom. The highest BCUT2D eigenvalue weighted by Gasteiger charge is 2.23. The van der Waals surface area contributed by atoms with Gasteiger partial charge >= 0.3 is 10.5 Å². The Balaban J connectivity index is 2.48. The highest BCUT2D eigenvalue weighted by Crippen LogP contribution is 2.33. The lowest BCUT2D eigenvalue weighted by molar-refractivity contribution is 0.622. The lowest BCUT2D eigenvalue weighted by Gasteiger charge is -2.26. The van der Waals surface area contributed by atoms with Crippen molar-refractivity contribution < 1.29 is 8.42 Å². The van der Waals surface area contributed by atoms with Crippen LogP contribution in [0.25, 0.3) is 0 Å². The summed E-state index contributed by atoms with van der Waals surface area (Å²) in [7, 11) is -2.44. The van der Waals surface area contributed by atoms with Crippen LogP contribution in [0.2, 0.25) is 0 Å². The van der Waals surface area contributed by atoms with Gasteiger partial charge in [-0.15, -0.1) is 4.36 Å². The van der Waals surface area contributed by atoms with E-state index in [0.29, 0.717) is 5.69 Å². The second-order valence-electron chi connectivity index (χ2n) is 5.11. The molecule has 0 fully saturated rings. The Bertz CT molecular complexity index is 740. The topological polar surface area (TPSA) is 72.5 Å². The maximum atomic E-state index is 10.7. The van der Waals surface area contributed by atoms with Crippen LogP contribution in [-0.2, 0) is 15.9 Å². The number of nitrogens with zero attached hydrogens (tertiary/aromatic N) is 1. The monoisotopic (exact) mass is 288 g/mol. The Morgan fingerprint density at radius 3 is 2.25 bits per heavy atom. The average Bonchev–Trinajstić information content (AvgIpc) is 2.39. The lowest BCUT2D eigenvalue weighted by atomic mass is 9.78. The minimum Gasteiger partial charge on any atom is -0.399 e. The molecule has 0 amide bonds. The first-order chi connectivity index (χ1) is 9.39. The second-order valence-corrected chi connectivity index (χ2v) is 5.72. The summed E-state index contributed by atoms with van der Waals surface area (Å²) in [6, 6.07) is 14.9. The summed E-state index contributed by atoms with van der Waals surface area (Å²) >= 11 is 0. The molecule has 0 aliphatic heterocycles. The summed E-state index contributed by atoms with van der Waals surface area (Å²) in [5, 5.41) is 0. The zero-order valence-electron chi connectivity index (χ0n) is 11.4.